The smallest absolute Gasteiger partial charge is 0.291 e. The summed E-state index contributed by atoms with van der Waals surface area (Å²) in [6, 6.07) is 10.5. The van der Waals surface area contributed by atoms with Gasteiger partial charge in [0.05, 0.1) is 6.54 Å². The van der Waals surface area contributed by atoms with Crippen LogP contribution in [0.5, 0.6) is 0 Å². The van der Waals surface area contributed by atoms with E-state index < -0.39 is 0 Å². The van der Waals surface area contributed by atoms with Crippen molar-refractivity contribution in [2.24, 2.45) is 0 Å². The van der Waals surface area contributed by atoms with Crippen molar-refractivity contribution in [1.82, 2.24) is 4.90 Å². The van der Waals surface area contributed by atoms with Crippen LogP contribution in [-0.2, 0) is 11.3 Å². The fraction of sp³-hybridized carbons (Fsp3) is 0.333. The number of rotatable bonds is 5. The van der Waals surface area contributed by atoms with Crippen molar-refractivity contribution in [3.05, 3.63) is 47.9 Å². The van der Waals surface area contributed by atoms with Gasteiger partial charge in [-0.15, -0.1) is 0 Å². The average molecular weight is 327 g/mol. The van der Waals surface area contributed by atoms with Crippen LogP contribution in [-0.4, -0.2) is 29.8 Å². The van der Waals surface area contributed by atoms with Crippen LogP contribution in [0.3, 0.4) is 0 Å². The van der Waals surface area contributed by atoms with Crippen LogP contribution in [0.15, 0.2) is 40.8 Å². The fourth-order valence-corrected chi connectivity index (χ4v) is 2.78. The molecule has 1 aliphatic rings. The lowest BCUT2D eigenvalue weighted by Crippen LogP contribution is -2.18. The number of carbonyl (C=O) groups is 2. The van der Waals surface area contributed by atoms with Crippen molar-refractivity contribution in [2.45, 2.75) is 26.3 Å². The molecule has 0 atom stereocenters. The number of nitrogens with one attached hydrogen (secondary N) is 2. The average Bonchev–Trinajstić information content (AvgIpc) is 3.21. The van der Waals surface area contributed by atoms with Gasteiger partial charge in [0, 0.05) is 18.3 Å². The van der Waals surface area contributed by atoms with Gasteiger partial charge in [0.2, 0.25) is 5.91 Å². The number of likely N-dealkylation sites (tertiary alicyclic amines) is 1. The van der Waals surface area contributed by atoms with E-state index in [2.05, 4.69) is 15.5 Å². The van der Waals surface area contributed by atoms with Gasteiger partial charge in [0.25, 0.3) is 5.91 Å². The molecule has 6 nitrogen and oxygen atoms in total. The Morgan fingerprint density at radius 3 is 2.25 bits per heavy atom. The van der Waals surface area contributed by atoms with Crippen molar-refractivity contribution in [3.63, 3.8) is 0 Å². The third-order valence-corrected chi connectivity index (χ3v) is 3.93. The predicted molar refractivity (Wildman–Crippen MR) is 91.9 cm³/mol. The lowest BCUT2D eigenvalue weighted by Gasteiger charge is -2.11. The van der Waals surface area contributed by atoms with Crippen LogP contribution in [0.4, 0.5) is 11.4 Å². The predicted octanol–water partition coefficient (Wildman–Crippen LogP) is 3.09. The van der Waals surface area contributed by atoms with E-state index in [0.29, 0.717) is 17.1 Å². The van der Waals surface area contributed by atoms with Crippen LogP contribution in [0.25, 0.3) is 0 Å². The second kappa shape index (κ2) is 7.31. The molecule has 0 aliphatic carbocycles. The standard InChI is InChI=1S/C18H21N3O3/c1-13(22)19-14-4-6-15(7-5-14)20-18(23)17-9-8-16(24-17)12-21-10-2-3-11-21/h4-9H,2-3,10-12H2,1H3,(H,19,22)(H,20,23). The first-order valence-electron chi connectivity index (χ1n) is 8.10. The van der Waals surface area contributed by atoms with Gasteiger partial charge in [-0.1, -0.05) is 0 Å². The van der Waals surface area contributed by atoms with Crippen molar-refractivity contribution in [3.8, 4) is 0 Å². The maximum Gasteiger partial charge on any atom is 0.291 e. The van der Waals surface area contributed by atoms with E-state index in [1.54, 1.807) is 30.3 Å². The lowest BCUT2D eigenvalue weighted by molar-refractivity contribution is -0.114. The van der Waals surface area contributed by atoms with E-state index in [4.69, 9.17) is 4.42 Å². The van der Waals surface area contributed by atoms with Crippen LogP contribution in [0.1, 0.15) is 36.1 Å². The Morgan fingerprint density at radius 2 is 1.62 bits per heavy atom. The molecule has 1 aromatic heterocycles. The molecule has 1 aromatic carbocycles. The molecule has 2 amide bonds. The highest BCUT2D eigenvalue weighted by Crippen LogP contribution is 2.18. The van der Waals surface area contributed by atoms with Gasteiger partial charge in [-0.2, -0.15) is 0 Å². The summed E-state index contributed by atoms with van der Waals surface area (Å²) in [5, 5.41) is 5.47. The molecule has 1 saturated heterocycles. The van der Waals surface area contributed by atoms with E-state index in [0.717, 1.165) is 25.4 Å². The Balaban J connectivity index is 1.58. The van der Waals surface area contributed by atoms with Crippen molar-refractivity contribution < 1.29 is 14.0 Å². The monoisotopic (exact) mass is 327 g/mol. The van der Waals surface area contributed by atoms with Gasteiger partial charge in [0.1, 0.15) is 5.76 Å². The van der Waals surface area contributed by atoms with E-state index in [1.165, 1.54) is 19.8 Å². The highest BCUT2D eigenvalue weighted by molar-refractivity contribution is 6.02. The zero-order valence-electron chi connectivity index (χ0n) is 13.7. The first-order valence-corrected chi connectivity index (χ1v) is 8.10. The second-order valence-electron chi connectivity index (χ2n) is 5.96. The first-order chi connectivity index (χ1) is 11.6. The summed E-state index contributed by atoms with van der Waals surface area (Å²) < 4.78 is 5.65. The molecular formula is C18H21N3O3. The third kappa shape index (κ3) is 4.23. The first kappa shape index (κ1) is 16.3. The van der Waals surface area contributed by atoms with Gasteiger partial charge < -0.3 is 15.1 Å². The summed E-state index contributed by atoms with van der Waals surface area (Å²) >= 11 is 0. The molecule has 3 rings (SSSR count). The molecule has 126 valence electrons. The topological polar surface area (TPSA) is 74.6 Å². The summed E-state index contributed by atoms with van der Waals surface area (Å²) in [4.78, 5) is 25.6. The summed E-state index contributed by atoms with van der Waals surface area (Å²) in [7, 11) is 0. The minimum absolute atomic E-state index is 0.132. The summed E-state index contributed by atoms with van der Waals surface area (Å²) in [5.74, 6) is 0.695. The zero-order valence-corrected chi connectivity index (χ0v) is 13.7. The molecule has 2 aromatic rings. The Hall–Kier alpha value is -2.60. The number of benzene rings is 1. The minimum Gasteiger partial charge on any atom is -0.455 e. The largest absolute Gasteiger partial charge is 0.455 e. The zero-order chi connectivity index (χ0) is 16.9. The highest BCUT2D eigenvalue weighted by atomic mass is 16.4. The maximum atomic E-state index is 12.2. The molecule has 6 heteroatoms. The number of amides is 2. The Labute approximate surface area is 140 Å². The molecule has 0 spiro atoms. The van der Waals surface area contributed by atoms with Crippen molar-refractivity contribution >= 4 is 23.2 Å². The molecule has 0 radical (unpaired) electrons. The number of nitrogens with zero attached hydrogens (tertiary/aromatic N) is 1. The van der Waals surface area contributed by atoms with Crippen LogP contribution in [0.2, 0.25) is 0 Å². The lowest BCUT2D eigenvalue weighted by atomic mass is 10.2. The molecule has 1 aliphatic heterocycles. The second-order valence-corrected chi connectivity index (χ2v) is 5.96. The number of carbonyl (C=O) groups excluding carboxylic acids is 2. The van der Waals surface area contributed by atoms with Crippen molar-refractivity contribution in [2.75, 3.05) is 23.7 Å². The number of hydrogen-bond donors (Lipinski definition) is 2. The van der Waals surface area contributed by atoms with E-state index in [-0.39, 0.29) is 11.8 Å². The molecular weight excluding hydrogens is 306 g/mol. The molecule has 2 N–H and O–H groups in total. The third-order valence-electron chi connectivity index (χ3n) is 3.93. The van der Waals surface area contributed by atoms with Gasteiger partial charge in [-0.05, 0) is 62.3 Å². The minimum atomic E-state index is -0.282. The summed E-state index contributed by atoms with van der Waals surface area (Å²) in [6.07, 6.45) is 2.45. The Bertz CT molecular complexity index is 715. The molecule has 0 unspecified atom stereocenters. The summed E-state index contributed by atoms with van der Waals surface area (Å²) in [5.41, 5.74) is 1.33. The van der Waals surface area contributed by atoms with Gasteiger partial charge >= 0.3 is 0 Å². The quantitative estimate of drug-likeness (QED) is 0.885. The Morgan fingerprint density at radius 1 is 1.00 bits per heavy atom. The molecule has 2 heterocycles. The van der Waals surface area contributed by atoms with Crippen LogP contribution >= 0.6 is 0 Å². The molecule has 1 fully saturated rings. The maximum absolute atomic E-state index is 12.2. The van der Waals surface area contributed by atoms with E-state index in [9.17, 15) is 9.59 Å². The number of hydrogen-bond acceptors (Lipinski definition) is 4. The summed E-state index contributed by atoms with van der Waals surface area (Å²) in [6.45, 7) is 4.37. The molecule has 24 heavy (non-hydrogen) atoms. The Kier molecular flexibility index (Phi) is 4.96. The van der Waals surface area contributed by atoms with Crippen LogP contribution < -0.4 is 10.6 Å². The number of furan rings is 1. The van der Waals surface area contributed by atoms with Crippen molar-refractivity contribution in [1.29, 1.82) is 0 Å². The normalized spacial score (nSPS) is 14.5. The van der Waals surface area contributed by atoms with E-state index in [1.807, 2.05) is 6.07 Å². The molecule has 0 bridgehead atoms. The number of anilines is 2. The SMILES string of the molecule is CC(=O)Nc1ccc(NC(=O)c2ccc(CN3CCCC3)o2)cc1. The van der Waals surface area contributed by atoms with Gasteiger partial charge in [0.15, 0.2) is 5.76 Å². The molecule has 0 saturated carbocycles. The van der Waals surface area contributed by atoms with Gasteiger partial charge in [-0.25, -0.2) is 0 Å². The van der Waals surface area contributed by atoms with Gasteiger partial charge in [-0.3, -0.25) is 14.5 Å². The van der Waals surface area contributed by atoms with E-state index >= 15 is 0 Å². The fourth-order valence-electron chi connectivity index (χ4n) is 2.78. The highest BCUT2D eigenvalue weighted by Gasteiger charge is 2.16. The van der Waals surface area contributed by atoms with Crippen LogP contribution in [0, 0.1) is 0 Å².